The molecule has 0 aromatic rings. The Morgan fingerprint density at radius 1 is 0.905 bits per heavy atom. The van der Waals surface area contributed by atoms with E-state index in [1.165, 1.54) is 21.7 Å². The molecule has 12 nitrogen and oxygen atoms in total. The molecule has 12 heteroatoms. The minimum Gasteiger partial charge on any atom is -0.452 e. The third-order valence-corrected chi connectivity index (χ3v) is 8.44. The predicted octanol–water partition coefficient (Wildman–Crippen LogP) is 1.32. The van der Waals surface area contributed by atoms with Gasteiger partial charge in [-0.15, -0.1) is 0 Å². The van der Waals surface area contributed by atoms with E-state index >= 15 is 0 Å². The van der Waals surface area contributed by atoms with Gasteiger partial charge >= 0.3 is 5.97 Å². The maximum absolute atomic E-state index is 13.9. The summed E-state index contributed by atoms with van der Waals surface area (Å²) in [7, 11) is 3.04. The van der Waals surface area contributed by atoms with Gasteiger partial charge in [0.05, 0.1) is 6.42 Å². The molecular formula is C30H51N5O7. The summed E-state index contributed by atoms with van der Waals surface area (Å²) in [6.45, 7) is 13.1. The topological polar surface area (TPSA) is 145 Å². The first-order valence-electron chi connectivity index (χ1n) is 15.2. The molecule has 2 rings (SSSR count). The van der Waals surface area contributed by atoms with E-state index in [-0.39, 0.29) is 37.1 Å². The van der Waals surface area contributed by atoms with Gasteiger partial charge in [0.2, 0.25) is 23.6 Å². The molecule has 0 aromatic carbocycles. The Morgan fingerprint density at radius 2 is 1.55 bits per heavy atom. The highest BCUT2D eigenvalue weighted by molar-refractivity contribution is 5.96. The first kappa shape index (κ1) is 35.0. The highest BCUT2D eigenvalue weighted by Crippen LogP contribution is 2.24. The van der Waals surface area contributed by atoms with Crippen molar-refractivity contribution in [1.82, 2.24) is 25.3 Å². The van der Waals surface area contributed by atoms with Gasteiger partial charge in [-0.1, -0.05) is 48.0 Å². The quantitative estimate of drug-likeness (QED) is 0.457. The largest absolute Gasteiger partial charge is 0.452 e. The van der Waals surface area contributed by atoms with E-state index in [1.54, 1.807) is 14.0 Å². The molecule has 2 saturated heterocycles. The van der Waals surface area contributed by atoms with Crippen molar-refractivity contribution in [2.75, 3.05) is 27.2 Å². The van der Waals surface area contributed by atoms with Gasteiger partial charge in [-0.2, -0.15) is 0 Å². The molecule has 0 aromatic heterocycles. The van der Waals surface area contributed by atoms with Crippen LogP contribution < -0.4 is 10.6 Å². The molecule has 2 aliphatic rings. The minimum absolute atomic E-state index is 0.0358. The maximum Gasteiger partial charge on any atom is 0.308 e. The molecule has 2 heterocycles. The van der Waals surface area contributed by atoms with E-state index < -0.39 is 65.8 Å². The normalized spacial score (nSPS) is 28.6. The number of amides is 5. The molecule has 0 bridgehead atoms. The van der Waals surface area contributed by atoms with Crippen molar-refractivity contribution in [2.24, 2.45) is 17.8 Å². The molecule has 0 aliphatic carbocycles. The number of hydrogen-bond acceptors (Lipinski definition) is 7. The van der Waals surface area contributed by atoms with Crippen LogP contribution in [0, 0.1) is 17.8 Å². The summed E-state index contributed by atoms with van der Waals surface area (Å²) < 4.78 is 5.59. The fourth-order valence-corrected chi connectivity index (χ4v) is 5.53. The van der Waals surface area contributed by atoms with Gasteiger partial charge in [-0.05, 0) is 43.9 Å². The van der Waals surface area contributed by atoms with Crippen LogP contribution in [0.3, 0.4) is 0 Å². The Bertz CT molecular complexity index is 1020. The predicted molar refractivity (Wildman–Crippen MR) is 157 cm³/mol. The maximum atomic E-state index is 13.9. The number of nitrogens with one attached hydrogen (secondary N) is 2. The SMILES string of the molecule is CC[C@H](C)[C@@H]1NC(=O)[C@@H]2CCCN2C(=O)[C@@H](CC(C)C)OC(=O)CCNC(=O)C(C)N(C)C(=O)[C@H](C(C)C)N(C)C1=O. The summed E-state index contributed by atoms with van der Waals surface area (Å²) in [5.41, 5.74) is 0. The molecule has 238 valence electrons. The van der Waals surface area contributed by atoms with Gasteiger partial charge in [0.25, 0.3) is 5.91 Å². The Kier molecular flexibility index (Phi) is 12.8. The lowest BCUT2D eigenvalue weighted by Crippen LogP contribution is -2.60. The van der Waals surface area contributed by atoms with E-state index in [0.29, 0.717) is 25.8 Å². The minimum atomic E-state index is -1.07. The Labute approximate surface area is 250 Å². The van der Waals surface area contributed by atoms with E-state index in [9.17, 15) is 28.8 Å². The number of esters is 1. The monoisotopic (exact) mass is 593 g/mol. The molecule has 0 radical (unpaired) electrons. The number of cyclic esters (lactones) is 1. The van der Waals surface area contributed by atoms with Crippen LogP contribution in [-0.4, -0.2) is 108 Å². The van der Waals surface area contributed by atoms with Crippen LogP contribution in [0.1, 0.15) is 80.6 Å². The standard InChI is InChI=1S/C30H51N5O7/c1-10-19(6)24-29(40)34(9)25(18(4)5)30(41)33(8)20(7)26(37)31-14-13-23(36)42-22(16-17(2)3)28(39)35-15-11-12-21(35)27(38)32-24/h17-22,24-25H,10-16H2,1-9H3,(H,31,37)(H,32,38)/t19-,20?,21-,22+,24-,25-/m0/s1. The zero-order valence-corrected chi connectivity index (χ0v) is 26.8. The van der Waals surface area contributed by atoms with Gasteiger partial charge in [0, 0.05) is 27.2 Å². The van der Waals surface area contributed by atoms with Crippen molar-refractivity contribution in [1.29, 1.82) is 0 Å². The van der Waals surface area contributed by atoms with Crippen molar-refractivity contribution < 1.29 is 33.5 Å². The third-order valence-electron chi connectivity index (χ3n) is 8.44. The molecule has 2 aliphatic heterocycles. The Balaban J connectivity index is 2.54. The molecule has 0 saturated carbocycles. The molecule has 2 N–H and O–H groups in total. The van der Waals surface area contributed by atoms with Gasteiger partial charge in [-0.3, -0.25) is 28.8 Å². The summed E-state index contributed by atoms with van der Waals surface area (Å²) in [6.07, 6.45) is 0.636. The number of hydrogen-bond donors (Lipinski definition) is 2. The smallest absolute Gasteiger partial charge is 0.308 e. The fourth-order valence-electron chi connectivity index (χ4n) is 5.53. The van der Waals surface area contributed by atoms with Crippen LogP contribution >= 0.6 is 0 Å². The second-order valence-electron chi connectivity index (χ2n) is 12.5. The number of nitrogens with zero attached hydrogens (tertiary/aromatic N) is 3. The van der Waals surface area contributed by atoms with Crippen LogP contribution in [0.5, 0.6) is 0 Å². The van der Waals surface area contributed by atoms with E-state index in [0.717, 1.165) is 0 Å². The lowest BCUT2D eigenvalue weighted by Gasteiger charge is -2.38. The van der Waals surface area contributed by atoms with Crippen LogP contribution in [-0.2, 0) is 33.5 Å². The average Bonchev–Trinajstić information content (AvgIpc) is 3.42. The van der Waals surface area contributed by atoms with Crippen LogP contribution in [0.2, 0.25) is 0 Å². The molecular weight excluding hydrogens is 542 g/mol. The molecule has 2 fully saturated rings. The molecule has 0 spiro atoms. The van der Waals surface area contributed by atoms with Crippen molar-refractivity contribution >= 4 is 35.5 Å². The van der Waals surface area contributed by atoms with Gasteiger partial charge < -0.3 is 30.1 Å². The second kappa shape index (κ2) is 15.3. The average molecular weight is 594 g/mol. The molecule has 1 unspecified atom stereocenters. The van der Waals surface area contributed by atoms with Crippen molar-refractivity contribution in [3.05, 3.63) is 0 Å². The summed E-state index contributed by atoms with van der Waals surface area (Å²) in [5.74, 6) is -3.36. The number of ether oxygens (including phenoxy) is 1. The summed E-state index contributed by atoms with van der Waals surface area (Å²) in [6, 6.07) is -3.52. The Hall–Kier alpha value is -3.18. The zero-order valence-electron chi connectivity index (χ0n) is 26.8. The van der Waals surface area contributed by atoms with Crippen molar-refractivity contribution in [2.45, 2.75) is 111 Å². The molecule has 5 amide bonds. The van der Waals surface area contributed by atoms with Crippen LogP contribution in [0.15, 0.2) is 0 Å². The summed E-state index contributed by atoms with van der Waals surface area (Å²) in [4.78, 5) is 84.6. The van der Waals surface area contributed by atoms with Gasteiger partial charge in [0.15, 0.2) is 6.10 Å². The highest BCUT2D eigenvalue weighted by Gasteiger charge is 2.42. The highest BCUT2D eigenvalue weighted by atomic mass is 16.5. The fraction of sp³-hybridized carbons (Fsp3) is 0.800. The van der Waals surface area contributed by atoms with E-state index in [4.69, 9.17) is 4.74 Å². The van der Waals surface area contributed by atoms with Crippen molar-refractivity contribution in [3.63, 3.8) is 0 Å². The summed E-state index contributed by atoms with van der Waals surface area (Å²) >= 11 is 0. The zero-order chi connectivity index (χ0) is 31.9. The first-order chi connectivity index (χ1) is 19.6. The van der Waals surface area contributed by atoms with E-state index in [1.807, 2.05) is 41.5 Å². The number of likely N-dealkylation sites (N-methyl/N-ethyl adjacent to an activating group) is 2. The second-order valence-corrected chi connectivity index (χ2v) is 12.5. The summed E-state index contributed by atoms with van der Waals surface area (Å²) in [5, 5.41) is 5.57. The van der Waals surface area contributed by atoms with E-state index in [2.05, 4.69) is 10.6 Å². The van der Waals surface area contributed by atoms with Crippen LogP contribution in [0.4, 0.5) is 0 Å². The number of carbonyl (C=O) groups is 6. The number of rotatable bonds is 5. The lowest BCUT2D eigenvalue weighted by atomic mass is 9.94. The van der Waals surface area contributed by atoms with Crippen molar-refractivity contribution in [3.8, 4) is 0 Å². The Morgan fingerprint density at radius 3 is 2.12 bits per heavy atom. The van der Waals surface area contributed by atoms with Gasteiger partial charge in [0.1, 0.15) is 24.2 Å². The van der Waals surface area contributed by atoms with Gasteiger partial charge in [-0.25, -0.2) is 0 Å². The number of fused-ring (bicyclic) bond motifs is 1. The van der Waals surface area contributed by atoms with Crippen LogP contribution in [0.25, 0.3) is 0 Å². The third kappa shape index (κ3) is 8.44. The molecule has 42 heavy (non-hydrogen) atoms. The first-order valence-corrected chi connectivity index (χ1v) is 15.2. The number of carbonyl (C=O) groups excluding carboxylic acids is 6. The molecule has 6 atom stereocenters. The lowest BCUT2D eigenvalue weighted by molar-refractivity contribution is -0.162.